The topological polar surface area (TPSA) is 48.2 Å². The summed E-state index contributed by atoms with van der Waals surface area (Å²) in [5.74, 6) is 1.09. The van der Waals surface area contributed by atoms with Crippen molar-refractivity contribution in [3.63, 3.8) is 0 Å². The zero-order chi connectivity index (χ0) is 24.4. The van der Waals surface area contributed by atoms with Gasteiger partial charge in [0.15, 0.2) is 8.32 Å². The number of aryl methyl sites for hydroxylation is 1. The Hall–Kier alpha value is -2.45. The van der Waals surface area contributed by atoms with Gasteiger partial charge in [0, 0.05) is 6.42 Å². The maximum absolute atomic E-state index is 12.9. The number of hydrogen-bond acceptors (Lipinski definition) is 4. The Kier molecular flexibility index (Phi) is 7.19. The Morgan fingerprint density at radius 3 is 2.12 bits per heavy atom. The van der Waals surface area contributed by atoms with Gasteiger partial charge in [0.1, 0.15) is 0 Å². The predicted octanol–water partition coefficient (Wildman–Crippen LogP) is 7.62. The van der Waals surface area contributed by atoms with Gasteiger partial charge in [0.25, 0.3) is 0 Å². The monoisotopic (exact) mass is 476 g/mol. The minimum Gasteiger partial charge on any atom is -0.425 e. The van der Waals surface area contributed by atoms with Crippen molar-refractivity contribution in [2.75, 3.05) is 0 Å². The van der Waals surface area contributed by atoms with E-state index < -0.39 is 20.1 Å². The maximum atomic E-state index is 12.9. The second-order valence-electron chi connectivity index (χ2n) is 9.71. The molecule has 2 aromatic carbocycles. The van der Waals surface area contributed by atoms with Crippen LogP contribution < -0.4 is 0 Å². The summed E-state index contributed by atoms with van der Waals surface area (Å²) in [7, 11) is -2.15. The third-order valence-electron chi connectivity index (χ3n) is 6.22. The SMILES string of the molecule is CCc1nnc(CC(O[Si](C)(C)C(C)(C)C)c2cccc(-c3ccc(C(F)(F)F)cc3)c2)o1. The fourth-order valence-electron chi connectivity index (χ4n) is 3.20. The highest BCUT2D eigenvalue weighted by molar-refractivity contribution is 6.74. The van der Waals surface area contributed by atoms with E-state index in [-0.39, 0.29) is 11.1 Å². The number of benzene rings is 2. The quantitative estimate of drug-likeness (QED) is 0.329. The minimum atomic E-state index is -4.36. The van der Waals surface area contributed by atoms with E-state index >= 15 is 0 Å². The van der Waals surface area contributed by atoms with E-state index in [2.05, 4.69) is 44.1 Å². The molecule has 0 saturated heterocycles. The summed E-state index contributed by atoms with van der Waals surface area (Å²) in [5.41, 5.74) is 1.80. The molecule has 0 aliphatic heterocycles. The standard InChI is InChI=1S/C25H31F3N2O2Si/c1-7-22-29-30-23(31-22)16-21(32-33(5,6)24(2,3)4)19-10-8-9-18(15-19)17-11-13-20(14-12-17)25(26,27)28/h8-15,21H,7,16H2,1-6H3. The molecule has 1 unspecified atom stereocenters. The molecular weight excluding hydrogens is 445 g/mol. The van der Waals surface area contributed by atoms with Gasteiger partial charge in [-0.1, -0.05) is 58.0 Å². The summed E-state index contributed by atoms with van der Waals surface area (Å²) in [6, 6.07) is 12.9. The lowest BCUT2D eigenvalue weighted by atomic mass is 9.98. The lowest BCUT2D eigenvalue weighted by Crippen LogP contribution is -2.42. The van der Waals surface area contributed by atoms with E-state index in [0.717, 1.165) is 23.3 Å². The van der Waals surface area contributed by atoms with Gasteiger partial charge in [-0.05, 0) is 53.0 Å². The second kappa shape index (κ2) is 9.42. The first-order valence-corrected chi connectivity index (χ1v) is 14.0. The summed E-state index contributed by atoms with van der Waals surface area (Å²) >= 11 is 0. The van der Waals surface area contributed by atoms with Crippen LogP contribution in [0.3, 0.4) is 0 Å². The lowest BCUT2D eigenvalue weighted by Gasteiger charge is -2.39. The molecule has 0 amide bonds. The van der Waals surface area contributed by atoms with Crippen molar-refractivity contribution in [3.8, 4) is 11.1 Å². The van der Waals surface area contributed by atoms with Crippen molar-refractivity contribution < 1.29 is 22.0 Å². The van der Waals surface area contributed by atoms with Gasteiger partial charge in [-0.15, -0.1) is 10.2 Å². The van der Waals surface area contributed by atoms with Crippen LogP contribution >= 0.6 is 0 Å². The van der Waals surface area contributed by atoms with E-state index in [1.165, 1.54) is 12.1 Å². The number of hydrogen-bond donors (Lipinski definition) is 0. The van der Waals surface area contributed by atoms with Gasteiger partial charge in [-0.25, -0.2) is 0 Å². The molecule has 4 nitrogen and oxygen atoms in total. The molecule has 3 aromatic rings. The average Bonchev–Trinajstić information content (AvgIpc) is 3.19. The van der Waals surface area contributed by atoms with Crippen molar-refractivity contribution in [3.05, 3.63) is 71.4 Å². The minimum absolute atomic E-state index is 0.000290. The van der Waals surface area contributed by atoms with Crippen molar-refractivity contribution in [2.45, 2.75) is 70.9 Å². The summed E-state index contributed by atoms with van der Waals surface area (Å²) in [6.45, 7) is 12.9. The summed E-state index contributed by atoms with van der Waals surface area (Å²) in [4.78, 5) is 0. The van der Waals surface area contributed by atoms with Crippen LogP contribution in [-0.4, -0.2) is 18.5 Å². The molecule has 1 heterocycles. The lowest BCUT2D eigenvalue weighted by molar-refractivity contribution is -0.137. The molecule has 33 heavy (non-hydrogen) atoms. The molecule has 0 fully saturated rings. The molecule has 0 radical (unpaired) electrons. The van der Waals surface area contributed by atoms with Crippen LogP contribution in [0.2, 0.25) is 18.1 Å². The Balaban J connectivity index is 1.96. The van der Waals surface area contributed by atoms with Gasteiger partial charge < -0.3 is 8.84 Å². The number of halogens is 3. The van der Waals surface area contributed by atoms with Crippen molar-refractivity contribution >= 4 is 8.32 Å². The molecule has 0 N–H and O–H groups in total. The maximum Gasteiger partial charge on any atom is 0.416 e. The third-order valence-corrected chi connectivity index (χ3v) is 10.7. The van der Waals surface area contributed by atoms with E-state index in [4.69, 9.17) is 8.84 Å². The molecule has 3 rings (SSSR count). The van der Waals surface area contributed by atoms with E-state index in [1.807, 2.05) is 31.2 Å². The highest BCUT2D eigenvalue weighted by Gasteiger charge is 2.40. The Labute approximate surface area is 194 Å². The fraction of sp³-hybridized carbons (Fsp3) is 0.440. The van der Waals surface area contributed by atoms with Crippen LogP contribution in [0, 0.1) is 0 Å². The molecule has 1 aromatic heterocycles. The Morgan fingerprint density at radius 2 is 1.58 bits per heavy atom. The second-order valence-corrected chi connectivity index (χ2v) is 14.5. The molecule has 1 atom stereocenters. The molecule has 8 heteroatoms. The van der Waals surface area contributed by atoms with Gasteiger partial charge in [-0.3, -0.25) is 0 Å². The fourth-order valence-corrected chi connectivity index (χ4v) is 4.49. The first-order chi connectivity index (χ1) is 15.3. The van der Waals surface area contributed by atoms with E-state index in [1.54, 1.807) is 0 Å². The van der Waals surface area contributed by atoms with Crippen LogP contribution in [0.25, 0.3) is 11.1 Å². The predicted molar refractivity (Wildman–Crippen MR) is 125 cm³/mol. The Morgan fingerprint density at radius 1 is 0.939 bits per heavy atom. The smallest absolute Gasteiger partial charge is 0.416 e. The molecule has 0 spiro atoms. The summed E-state index contributed by atoms with van der Waals surface area (Å²) in [6.07, 6.45) is -3.59. The molecule has 0 bridgehead atoms. The van der Waals surface area contributed by atoms with Crippen LogP contribution in [0.5, 0.6) is 0 Å². The first-order valence-electron chi connectivity index (χ1n) is 11.1. The van der Waals surface area contributed by atoms with Crippen LogP contribution in [0.1, 0.15) is 56.7 Å². The van der Waals surface area contributed by atoms with E-state index in [9.17, 15) is 13.2 Å². The highest BCUT2D eigenvalue weighted by Crippen LogP contribution is 2.41. The average molecular weight is 477 g/mol. The Bertz CT molecular complexity index is 1070. The highest BCUT2D eigenvalue weighted by atomic mass is 28.4. The summed E-state index contributed by atoms with van der Waals surface area (Å²) < 4.78 is 51.3. The van der Waals surface area contributed by atoms with Crippen LogP contribution in [0.4, 0.5) is 13.2 Å². The van der Waals surface area contributed by atoms with E-state index in [0.29, 0.717) is 30.2 Å². The van der Waals surface area contributed by atoms with Gasteiger partial charge >= 0.3 is 6.18 Å². The normalized spacial score (nSPS) is 13.8. The first kappa shape index (κ1) is 25.2. The number of aromatic nitrogens is 2. The van der Waals surface area contributed by atoms with Gasteiger partial charge in [0.2, 0.25) is 11.8 Å². The van der Waals surface area contributed by atoms with Crippen molar-refractivity contribution in [2.24, 2.45) is 0 Å². The third kappa shape index (κ3) is 6.12. The molecule has 0 aliphatic rings. The zero-order valence-corrected chi connectivity index (χ0v) is 21.0. The number of alkyl halides is 3. The molecular formula is C25H31F3N2O2Si. The summed E-state index contributed by atoms with van der Waals surface area (Å²) in [5, 5.41) is 8.24. The van der Waals surface area contributed by atoms with Crippen LogP contribution in [0.15, 0.2) is 52.9 Å². The molecule has 178 valence electrons. The van der Waals surface area contributed by atoms with Crippen molar-refractivity contribution in [1.82, 2.24) is 10.2 Å². The largest absolute Gasteiger partial charge is 0.425 e. The molecule has 0 saturated carbocycles. The zero-order valence-electron chi connectivity index (χ0n) is 20.0. The number of rotatable bonds is 7. The number of nitrogens with zero attached hydrogens (tertiary/aromatic N) is 2. The van der Waals surface area contributed by atoms with Gasteiger partial charge in [0.05, 0.1) is 18.1 Å². The van der Waals surface area contributed by atoms with Gasteiger partial charge in [-0.2, -0.15) is 13.2 Å². The van der Waals surface area contributed by atoms with Crippen LogP contribution in [-0.2, 0) is 23.4 Å². The van der Waals surface area contributed by atoms with Crippen molar-refractivity contribution in [1.29, 1.82) is 0 Å². The molecule has 0 aliphatic carbocycles.